The first-order valence-corrected chi connectivity index (χ1v) is 7.48. The molecule has 24 heavy (non-hydrogen) atoms. The third-order valence-corrected chi connectivity index (χ3v) is 3.66. The first kappa shape index (κ1) is 15.7. The lowest BCUT2D eigenvalue weighted by molar-refractivity contribution is 0.0949. The van der Waals surface area contributed by atoms with Gasteiger partial charge in [-0.05, 0) is 31.5 Å². The van der Waals surface area contributed by atoms with Crippen molar-refractivity contribution in [1.82, 2.24) is 24.8 Å². The topological polar surface area (TPSA) is 92.7 Å². The van der Waals surface area contributed by atoms with Crippen LogP contribution in [0.15, 0.2) is 47.7 Å². The second kappa shape index (κ2) is 6.49. The number of carbonyl (C=O) groups excluding carboxylic acids is 1. The molecule has 2 aromatic heterocycles. The number of amides is 1. The second-order valence-electron chi connectivity index (χ2n) is 5.40. The van der Waals surface area contributed by atoms with Crippen LogP contribution < -0.4 is 10.9 Å². The minimum absolute atomic E-state index is 0.00580. The number of rotatable bonds is 4. The van der Waals surface area contributed by atoms with Crippen LogP contribution in [0.3, 0.4) is 0 Å². The lowest BCUT2D eigenvalue weighted by atomic mass is 10.2. The molecule has 0 spiro atoms. The van der Waals surface area contributed by atoms with Crippen LogP contribution in [0.5, 0.6) is 0 Å². The molecule has 2 heterocycles. The van der Waals surface area contributed by atoms with Gasteiger partial charge in [0.05, 0.1) is 0 Å². The van der Waals surface area contributed by atoms with E-state index in [1.807, 2.05) is 42.0 Å². The van der Waals surface area contributed by atoms with Crippen LogP contribution in [0.25, 0.3) is 5.69 Å². The SMILES string of the molecule is Cc1ncc(C(=O)NCc2ccc(-n3ccnc3C)cc2)c(=O)[nH]1. The van der Waals surface area contributed by atoms with E-state index in [1.165, 1.54) is 6.20 Å². The third kappa shape index (κ3) is 3.24. The molecule has 3 rings (SSSR count). The van der Waals surface area contributed by atoms with Crippen molar-refractivity contribution in [3.05, 3.63) is 76.0 Å². The molecule has 0 aliphatic carbocycles. The van der Waals surface area contributed by atoms with Crippen LogP contribution in [-0.2, 0) is 6.54 Å². The molecular formula is C17H17N5O2. The first-order chi connectivity index (χ1) is 11.5. The van der Waals surface area contributed by atoms with Gasteiger partial charge in [-0.25, -0.2) is 9.97 Å². The lowest BCUT2D eigenvalue weighted by Crippen LogP contribution is -2.29. The summed E-state index contributed by atoms with van der Waals surface area (Å²) >= 11 is 0. The van der Waals surface area contributed by atoms with Crippen molar-refractivity contribution in [2.24, 2.45) is 0 Å². The number of benzene rings is 1. The van der Waals surface area contributed by atoms with Crippen LogP contribution in [0.2, 0.25) is 0 Å². The van der Waals surface area contributed by atoms with Crippen molar-refractivity contribution in [3.8, 4) is 5.69 Å². The molecule has 7 nitrogen and oxygen atoms in total. The highest BCUT2D eigenvalue weighted by molar-refractivity contribution is 5.93. The van der Waals surface area contributed by atoms with Crippen LogP contribution in [-0.4, -0.2) is 25.4 Å². The van der Waals surface area contributed by atoms with Crippen molar-refractivity contribution in [1.29, 1.82) is 0 Å². The summed E-state index contributed by atoms with van der Waals surface area (Å²) in [4.78, 5) is 34.4. The fourth-order valence-corrected chi connectivity index (χ4v) is 2.35. The Morgan fingerprint density at radius 2 is 1.96 bits per heavy atom. The minimum Gasteiger partial charge on any atom is -0.348 e. The number of H-pyrrole nitrogens is 1. The molecule has 0 atom stereocenters. The van der Waals surface area contributed by atoms with Gasteiger partial charge < -0.3 is 14.9 Å². The summed E-state index contributed by atoms with van der Waals surface area (Å²) < 4.78 is 1.97. The third-order valence-electron chi connectivity index (χ3n) is 3.66. The first-order valence-electron chi connectivity index (χ1n) is 7.48. The average molecular weight is 323 g/mol. The number of aromatic amines is 1. The van der Waals surface area contributed by atoms with Crippen molar-refractivity contribution in [2.45, 2.75) is 20.4 Å². The van der Waals surface area contributed by atoms with Crippen molar-refractivity contribution < 1.29 is 4.79 Å². The predicted molar refractivity (Wildman–Crippen MR) is 89.1 cm³/mol. The van der Waals surface area contributed by atoms with Crippen molar-refractivity contribution in [3.63, 3.8) is 0 Å². The Hall–Kier alpha value is -3.22. The summed E-state index contributed by atoms with van der Waals surface area (Å²) in [5.41, 5.74) is 1.50. The highest BCUT2D eigenvalue weighted by Crippen LogP contribution is 2.11. The van der Waals surface area contributed by atoms with Gasteiger partial charge in [0.1, 0.15) is 17.2 Å². The zero-order valence-electron chi connectivity index (χ0n) is 13.4. The average Bonchev–Trinajstić information content (AvgIpc) is 2.99. The van der Waals surface area contributed by atoms with Gasteiger partial charge in [0.15, 0.2) is 0 Å². The van der Waals surface area contributed by atoms with Gasteiger partial charge >= 0.3 is 0 Å². The zero-order valence-corrected chi connectivity index (χ0v) is 13.4. The molecule has 2 N–H and O–H groups in total. The molecule has 7 heteroatoms. The van der Waals surface area contributed by atoms with Gasteiger partial charge in [0.2, 0.25) is 0 Å². The molecule has 1 aromatic carbocycles. The Bertz CT molecular complexity index is 925. The number of hydrogen-bond donors (Lipinski definition) is 2. The maximum atomic E-state index is 12.1. The van der Waals surface area contributed by atoms with E-state index in [-0.39, 0.29) is 5.56 Å². The highest BCUT2D eigenvalue weighted by atomic mass is 16.2. The van der Waals surface area contributed by atoms with Gasteiger partial charge in [-0.3, -0.25) is 9.59 Å². The molecule has 1 amide bonds. The Labute approximate surface area is 138 Å². The Morgan fingerprint density at radius 3 is 2.58 bits per heavy atom. The number of nitrogens with zero attached hydrogens (tertiary/aromatic N) is 3. The number of carbonyl (C=O) groups is 1. The van der Waals surface area contributed by atoms with E-state index in [0.29, 0.717) is 12.4 Å². The quantitative estimate of drug-likeness (QED) is 0.761. The number of imidazole rings is 1. The molecular weight excluding hydrogens is 306 g/mol. The van der Waals surface area contributed by atoms with E-state index < -0.39 is 11.5 Å². The molecule has 0 saturated carbocycles. The summed E-state index contributed by atoms with van der Waals surface area (Å²) in [6, 6.07) is 7.76. The fraction of sp³-hybridized carbons (Fsp3) is 0.176. The summed E-state index contributed by atoms with van der Waals surface area (Å²) in [5, 5.41) is 2.72. The summed E-state index contributed by atoms with van der Waals surface area (Å²) in [6.07, 6.45) is 4.92. The van der Waals surface area contributed by atoms with E-state index in [0.717, 1.165) is 17.1 Å². The van der Waals surface area contributed by atoms with Gasteiger partial charge in [0.25, 0.3) is 11.5 Å². The summed E-state index contributed by atoms with van der Waals surface area (Å²) in [6.45, 7) is 3.92. The smallest absolute Gasteiger partial charge is 0.263 e. The monoisotopic (exact) mass is 323 g/mol. The maximum absolute atomic E-state index is 12.1. The van der Waals surface area contributed by atoms with E-state index >= 15 is 0 Å². The van der Waals surface area contributed by atoms with E-state index in [1.54, 1.807) is 13.1 Å². The normalized spacial score (nSPS) is 10.6. The maximum Gasteiger partial charge on any atom is 0.263 e. The second-order valence-corrected chi connectivity index (χ2v) is 5.40. The molecule has 122 valence electrons. The summed E-state index contributed by atoms with van der Waals surface area (Å²) in [7, 11) is 0. The Balaban J connectivity index is 1.67. The number of nitrogens with one attached hydrogen (secondary N) is 2. The van der Waals surface area contributed by atoms with Crippen molar-refractivity contribution in [2.75, 3.05) is 0 Å². The van der Waals surface area contributed by atoms with Crippen molar-refractivity contribution >= 4 is 5.91 Å². The molecule has 0 saturated heterocycles. The van der Waals surface area contributed by atoms with Crippen LogP contribution >= 0.6 is 0 Å². The minimum atomic E-state index is -0.446. The zero-order chi connectivity index (χ0) is 17.1. The van der Waals surface area contributed by atoms with E-state index in [4.69, 9.17) is 0 Å². The van der Waals surface area contributed by atoms with E-state index in [9.17, 15) is 9.59 Å². The largest absolute Gasteiger partial charge is 0.348 e. The molecule has 0 unspecified atom stereocenters. The standard InChI is InChI=1S/C17H17N5O2/c1-11-19-10-15(17(24)21-11)16(23)20-9-13-3-5-14(6-4-13)22-8-7-18-12(22)2/h3-8,10H,9H2,1-2H3,(H,20,23)(H,19,21,24). The van der Waals surface area contributed by atoms with Crippen LogP contribution in [0, 0.1) is 13.8 Å². The van der Waals surface area contributed by atoms with Gasteiger partial charge in [0, 0.05) is 30.8 Å². The number of aromatic nitrogens is 4. The van der Waals surface area contributed by atoms with E-state index in [2.05, 4.69) is 20.3 Å². The summed E-state index contributed by atoms with van der Waals surface area (Å²) in [5.74, 6) is 0.933. The molecule has 0 fully saturated rings. The molecule has 3 aromatic rings. The number of hydrogen-bond acceptors (Lipinski definition) is 4. The van der Waals surface area contributed by atoms with Gasteiger partial charge in [-0.1, -0.05) is 12.1 Å². The molecule has 0 aliphatic rings. The Morgan fingerprint density at radius 1 is 1.21 bits per heavy atom. The molecule has 0 bridgehead atoms. The van der Waals surface area contributed by atoms with Gasteiger partial charge in [-0.15, -0.1) is 0 Å². The van der Waals surface area contributed by atoms with Crippen LogP contribution in [0.1, 0.15) is 27.6 Å². The van der Waals surface area contributed by atoms with Gasteiger partial charge in [-0.2, -0.15) is 0 Å². The highest BCUT2D eigenvalue weighted by Gasteiger charge is 2.10. The lowest BCUT2D eigenvalue weighted by Gasteiger charge is -2.08. The fourth-order valence-electron chi connectivity index (χ4n) is 2.35. The van der Waals surface area contributed by atoms with Crippen LogP contribution in [0.4, 0.5) is 0 Å². The Kier molecular flexibility index (Phi) is 4.24. The molecule has 0 radical (unpaired) electrons. The number of aryl methyl sites for hydroxylation is 2. The predicted octanol–water partition coefficient (Wildman–Crippen LogP) is 1.50. The molecule has 0 aliphatic heterocycles.